The number of carbonyl (C=O) groups excluding carboxylic acids is 2. The Morgan fingerprint density at radius 2 is 1.96 bits per heavy atom. The number of nitrogens with two attached hydrogens (primary N) is 1. The number of likely N-dealkylation sites (tertiary alicyclic amines) is 1. The Hall–Kier alpha value is -2.73. The van der Waals surface area contributed by atoms with Gasteiger partial charge in [0, 0.05) is 19.2 Å². The number of hydrogen-bond acceptors (Lipinski definition) is 8. The molecule has 0 atom stereocenters. The third-order valence-corrected chi connectivity index (χ3v) is 5.13. The van der Waals surface area contributed by atoms with Crippen LogP contribution in [0.5, 0.6) is 0 Å². The van der Waals surface area contributed by atoms with Crippen molar-refractivity contribution in [2.45, 2.75) is 17.7 Å². The summed E-state index contributed by atoms with van der Waals surface area (Å²) in [6.07, 6.45) is 1.79. The standard InChI is InChI=1S/C14H18N4O7S/c15-11-4-3-10(7-12(11)18(21)22)26(23,24)16-8-14(20)25-9-13(19)17-5-1-2-6-17/h3-4,7,16H,1-2,5-6,8-9,15H2. The number of rotatable bonds is 7. The van der Waals surface area contributed by atoms with Gasteiger partial charge in [-0.3, -0.25) is 19.7 Å². The second-order valence-corrected chi connectivity index (χ2v) is 7.32. The first kappa shape index (κ1) is 19.6. The summed E-state index contributed by atoms with van der Waals surface area (Å²) in [7, 11) is -4.19. The van der Waals surface area contributed by atoms with Crippen molar-refractivity contribution in [3.63, 3.8) is 0 Å². The van der Waals surface area contributed by atoms with E-state index in [1.54, 1.807) is 4.90 Å². The first-order valence-electron chi connectivity index (χ1n) is 7.67. The van der Waals surface area contributed by atoms with E-state index < -0.39 is 44.7 Å². The average molecular weight is 386 g/mol. The van der Waals surface area contributed by atoms with E-state index in [9.17, 15) is 28.1 Å². The number of nitro benzene ring substituents is 1. The van der Waals surface area contributed by atoms with E-state index >= 15 is 0 Å². The number of amides is 1. The summed E-state index contributed by atoms with van der Waals surface area (Å²) in [4.78, 5) is 34.5. The van der Waals surface area contributed by atoms with Crippen LogP contribution in [0.15, 0.2) is 23.1 Å². The fourth-order valence-corrected chi connectivity index (χ4v) is 3.33. The molecule has 12 heteroatoms. The van der Waals surface area contributed by atoms with Gasteiger partial charge in [-0.2, -0.15) is 4.72 Å². The first-order chi connectivity index (χ1) is 12.2. The molecule has 1 amide bonds. The van der Waals surface area contributed by atoms with Crippen LogP contribution in [0.25, 0.3) is 0 Å². The third kappa shape index (κ3) is 4.89. The molecule has 0 unspecified atom stereocenters. The molecule has 1 aromatic carbocycles. The summed E-state index contributed by atoms with van der Waals surface area (Å²) in [5.74, 6) is -1.28. The highest BCUT2D eigenvalue weighted by Crippen LogP contribution is 2.24. The molecular formula is C14H18N4O7S. The number of sulfonamides is 1. The molecule has 1 aliphatic rings. The maximum atomic E-state index is 12.1. The van der Waals surface area contributed by atoms with Crippen LogP contribution in [0, 0.1) is 10.1 Å². The highest BCUT2D eigenvalue weighted by molar-refractivity contribution is 7.89. The van der Waals surface area contributed by atoms with Gasteiger partial charge in [0.2, 0.25) is 10.0 Å². The Morgan fingerprint density at radius 1 is 1.31 bits per heavy atom. The van der Waals surface area contributed by atoms with Gasteiger partial charge < -0.3 is 15.4 Å². The molecule has 0 aromatic heterocycles. The topological polar surface area (TPSA) is 162 Å². The number of carbonyl (C=O) groups is 2. The molecule has 11 nitrogen and oxygen atoms in total. The summed E-state index contributed by atoms with van der Waals surface area (Å²) in [6.45, 7) is 0.0412. The minimum atomic E-state index is -4.19. The summed E-state index contributed by atoms with van der Waals surface area (Å²) < 4.78 is 30.9. The van der Waals surface area contributed by atoms with Crippen LogP contribution in [-0.4, -0.2) is 56.4 Å². The number of esters is 1. The smallest absolute Gasteiger partial charge is 0.321 e. The highest BCUT2D eigenvalue weighted by atomic mass is 32.2. The second kappa shape index (κ2) is 8.10. The number of hydrogen-bond donors (Lipinski definition) is 2. The van der Waals surface area contributed by atoms with Crippen LogP contribution in [0.3, 0.4) is 0 Å². The molecule has 1 aliphatic heterocycles. The normalized spacial score (nSPS) is 14.2. The SMILES string of the molecule is Nc1ccc(S(=O)(=O)NCC(=O)OCC(=O)N2CCCC2)cc1[N+](=O)[O-]. The molecular weight excluding hydrogens is 368 g/mol. The summed E-state index contributed by atoms with van der Waals surface area (Å²) in [5.41, 5.74) is 4.66. The third-order valence-electron chi connectivity index (χ3n) is 3.73. The van der Waals surface area contributed by atoms with Crippen molar-refractivity contribution in [2.75, 3.05) is 32.0 Å². The van der Waals surface area contributed by atoms with Crippen LogP contribution in [0.1, 0.15) is 12.8 Å². The first-order valence-corrected chi connectivity index (χ1v) is 9.16. The molecule has 1 fully saturated rings. The van der Waals surface area contributed by atoms with Crippen LogP contribution >= 0.6 is 0 Å². The second-order valence-electron chi connectivity index (χ2n) is 5.55. The average Bonchev–Trinajstić information content (AvgIpc) is 3.12. The minimum absolute atomic E-state index is 0.186. The van der Waals surface area contributed by atoms with Gasteiger partial charge in [0.05, 0.1) is 9.82 Å². The van der Waals surface area contributed by atoms with Crippen molar-refractivity contribution in [1.29, 1.82) is 0 Å². The molecule has 0 aliphatic carbocycles. The monoisotopic (exact) mass is 386 g/mol. The van der Waals surface area contributed by atoms with Crippen molar-refractivity contribution >= 4 is 33.3 Å². The Kier molecular flexibility index (Phi) is 6.10. The van der Waals surface area contributed by atoms with Crippen molar-refractivity contribution in [2.24, 2.45) is 0 Å². The number of anilines is 1. The number of nitro groups is 1. The van der Waals surface area contributed by atoms with E-state index in [1.807, 2.05) is 4.72 Å². The lowest BCUT2D eigenvalue weighted by atomic mass is 10.3. The maximum Gasteiger partial charge on any atom is 0.321 e. The Labute approximate surface area is 149 Å². The lowest BCUT2D eigenvalue weighted by Crippen LogP contribution is -2.35. The van der Waals surface area contributed by atoms with Crippen molar-refractivity contribution < 1.29 is 27.7 Å². The fourth-order valence-electron chi connectivity index (χ4n) is 2.34. The lowest BCUT2D eigenvalue weighted by molar-refractivity contribution is -0.384. The van der Waals surface area contributed by atoms with Gasteiger partial charge in [-0.05, 0) is 25.0 Å². The molecule has 142 valence electrons. The zero-order valence-corrected chi connectivity index (χ0v) is 14.5. The number of nitrogen functional groups attached to an aromatic ring is 1. The molecule has 1 saturated heterocycles. The predicted molar refractivity (Wildman–Crippen MR) is 89.5 cm³/mol. The molecule has 3 N–H and O–H groups in total. The minimum Gasteiger partial charge on any atom is -0.455 e. The molecule has 2 rings (SSSR count). The van der Waals surface area contributed by atoms with E-state index in [-0.39, 0.29) is 11.6 Å². The highest BCUT2D eigenvalue weighted by Gasteiger charge is 2.22. The summed E-state index contributed by atoms with van der Waals surface area (Å²) >= 11 is 0. The van der Waals surface area contributed by atoms with Crippen LogP contribution < -0.4 is 10.5 Å². The fraction of sp³-hybridized carbons (Fsp3) is 0.429. The van der Waals surface area contributed by atoms with Crippen molar-refractivity contribution in [1.82, 2.24) is 9.62 Å². The zero-order valence-electron chi connectivity index (χ0n) is 13.7. The van der Waals surface area contributed by atoms with Gasteiger partial charge in [0.15, 0.2) is 6.61 Å². The largest absolute Gasteiger partial charge is 0.455 e. The quantitative estimate of drug-likeness (QED) is 0.277. The predicted octanol–water partition coefficient (Wildman–Crippen LogP) is -0.379. The van der Waals surface area contributed by atoms with Crippen LogP contribution in [0.2, 0.25) is 0 Å². The van der Waals surface area contributed by atoms with Crippen LogP contribution in [-0.2, 0) is 24.3 Å². The van der Waals surface area contributed by atoms with E-state index in [2.05, 4.69) is 0 Å². The van der Waals surface area contributed by atoms with Gasteiger partial charge in [-0.1, -0.05) is 0 Å². The Bertz CT molecular complexity index is 819. The number of ether oxygens (including phenoxy) is 1. The van der Waals surface area contributed by atoms with Gasteiger partial charge in [-0.15, -0.1) is 0 Å². The number of nitrogens with one attached hydrogen (secondary N) is 1. The molecule has 26 heavy (non-hydrogen) atoms. The van der Waals surface area contributed by atoms with E-state index in [4.69, 9.17) is 10.5 Å². The number of benzene rings is 1. The molecule has 0 saturated carbocycles. The molecule has 0 spiro atoms. The molecule has 1 heterocycles. The van der Waals surface area contributed by atoms with Crippen LogP contribution in [0.4, 0.5) is 11.4 Å². The van der Waals surface area contributed by atoms with Gasteiger partial charge in [0.25, 0.3) is 11.6 Å². The van der Waals surface area contributed by atoms with E-state index in [0.717, 1.165) is 31.0 Å². The number of nitrogens with zero attached hydrogens (tertiary/aromatic N) is 2. The lowest BCUT2D eigenvalue weighted by Gasteiger charge is -2.15. The maximum absolute atomic E-state index is 12.1. The van der Waals surface area contributed by atoms with Crippen molar-refractivity contribution in [3.05, 3.63) is 28.3 Å². The zero-order chi connectivity index (χ0) is 19.3. The van der Waals surface area contributed by atoms with E-state index in [1.165, 1.54) is 0 Å². The summed E-state index contributed by atoms with van der Waals surface area (Å²) in [5, 5.41) is 10.8. The molecule has 1 aromatic rings. The summed E-state index contributed by atoms with van der Waals surface area (Å²) in [6, 6.07) is 2.95. The van der Waals surface area contributed by atoms with Gasteiger partial charge >= 0.3 is 5.97 Å². The Balaban J connectivity index is 1.91. The molecule has 0 bridgehead atoms. The van der Waals surface area contributed by atoms with Gasteiger partial charge in [0.1, 0.15) is 12.2 Å². The van der Waals surface area contributed by atoms with Crippen molar-refractivity contribution in [3.8, 4) is 0 Å². The molecule has 0 radical (unpaired) electrons. The van der Waals surface area contributed by atoms with E-state index in [0.29, 0.717) is 13.1 Å². The Morgan fingerprint density at radius 3 is 2.58 bits per heavy atom. The van der Waals surface area contributed by atoms with Gasteiger partial charge in [-0.25, -0.2) is 8.42 Å².